The molecule has 0 saturated heterocycles. The number of azo groups is 1. The molecule has 1 amide bonds. The van der Waals surface area contributed by atoms with E-state index in [1.165, 1.54) is 0 Å². The molecule has 92 valence electrons. The third kappa shape index (κ3) is 11.7. The van der Waals surface area contributed by atoms with Crippen LogP contribution in [0, 0.1) is 22.7 Å². The summed E-state index contributed by atoms with van der Waals surface area (Å²) >= 11 is 0. The van der Waals surface area contributed by atoms with E-state index in [1.54, 1.807) is 27.7 Å². The minimum Gasteiger partial charge on any atom is -0.366 e. The number of nitrogens with two attached hydrogens (primary N) is 1. The number of primary amides is 1. The molecule has 2 N–H and O–H groups in total. The highest BCUT2D eigenvalue weighted by Crippen LogP contribution is 2.13. The fraction of sp³-hybridized carbons (Fsp3) is 0.545. The molecule has 0 atom stereocenters. The second-order valence-corrected chi connectivity index (χ2v) is 4.15. The number of amides is 1. The Balaban J connectivity index is 0. The van der Waals surface area contributed by atoms with Crippen molar-refractivity contribution in [3.8, 4) is 12.1 Å². The fourth-order valence-electron chi connectivity index (χ4n) is 0.295. The zero-order valence-corrected chi connectivity index (χ0v) is 10.6. The van der Waals surface area contributed by atoms with Crippen molar-refractivity contribution >= 4 is 5.91 Å². The Hall–Kier alpha value is -2.21. The molecule has 0 aromatic rings. The number of carbonyl (C=O) groups is 1. The van der Waals surface area contributed by atoms with E-state index >= 15 is 0 Å². The summed E-state index contributed by atoms with van der Waals surface area (Å²) in [4.78, 5) is 9.47. The van der Waals surface area contributed by atoms with E-state index in [-0.39, 0.29) is 0 Å². The summed E-state index contributed by atoms with van der Waals surface area (Å²) in [5.74, 6) is -0.481. The van der Waals surface area contributed by atoms with Crippen molar-refractivity contribution in [1.82, 2.24) is 0 Å². The Morgan fingerprint density at radius 2 is 1.41 bits per heavy atom. The minimum atomic E-state index is -0.839. The standard InChI is InChI=1S/C8H12N4.C3H5NO/c1-7(2,5-9)11-12-8(3,4)6-10;1-2-3(4)5/h1-4H3;2H,1H2,(H2,4,5). The lowest BCUT2D eigenvalue weighted by atomic mass is 10.1. The van der Waals surface area contributed by atoms with Crippen molar-refractivity contribution in [2.45, 2.75) is 38.8 Å². The summed E-state index contributed by atoms with van der Waals surface area (Å²) in [6, 6.07) is 3.94. The monoisotopic (exact) mass is 235 g/mol. The van der Waals surface area contributed by atoms with Gasteiger partial charge in [0.15, 0.2) is 11.1 Å². The van der Waals surface area contributed by atoms with Crippen molar-refractivity contribution in [2.24, 2.45) is 16.0 Å². The van der Waals surface area contributed by atoms with Crippen LogP contribution in [0.4, 0.5) is 0 Å². The van der Waals surface area contributed by atoms with Crippen molar-refractivity contribution in [2.75, 3.05) is 0 Å². The summed E-state index contributed by atoms with van der Waals surface area (Å²) in [6.07, 6.45) is 1.06. The Labute approximate surface area is 101 Å². The van der Waals surface area contributed by atoms with Crippen LogP contribution in [-0.4, -0.2) is 17.0 Å². The van der Waals surface area contributed by atoms with Gasteiger partial charge >= 0.3 is 0 Å². The van der Waals surface area contributed by atoms with Crippen LogP contribution in [0.3, 0.4) is 0 Å². The first-order chi connectivity index (χ1) is 7.60. The maximum atomic E-state index is 9.47. The van der Waals surface area contributed by atoms with Gasteiger partial charge in [0.1, 0.15) is 0 Å². The molecule has 6 nitrogen and oxygen atoms in total. The predicted molar refractivity (Wildman–Crippen MR) is 63.6 cm³/mol. The Morgan fingerprint density at radius 3 is 1.53 bits per heavy atom. The molecule has 6 heteroatoms. The maximum absolute atomic E-state index is 9.47. The average molecular weight is 235 g/mol. The van der Waals surface area contributed by atoms with Crippen LogP contribution in [0.25, 0.3) is 0 Å². The number of hydrogen-bond acceptors (Lipinski definition) is 5. The number of nitriles is 2. The van der Waals surface area contributed by atoms with E-state index in [4.69, 9.17) is 10.5 Å². The van der Waals surface area contributed by atoms with E-state index in [9.17, 15) is 4.79 Å². The van der Waals surface area contributed by atoms with E-state index in [1.807, 2.05) is 12.1 Å². The summed E-state index contributed by atoms with van der Waals surface area (Å²) in [6.45, 7) is 9.66. The average Bonchev–Trinajstić information content (AvgIpc) is 2.27. The highest BCUT2D eigenvalue weighted by atomic mass is 16.1. The van der Waals surface area contributed by atoms with Crippen molar-refractivity contribution in [3.05, 3.63) is 12.7 Å². The molecule has 0 aliphatic rings. The molecule has 0 bridgehead atoms. The molecule has 0 fully saturated rings. The van der Waals surface area contributed by atoms with Gasteiger partial charge in [-0.15, -0.1) is 0 Å². The topological polar surface area (TPSA) is 115 Å². The minimum absolute atomic E-state index is 0.481. The van der Waals surface area contributed by atoms with Crippen molar-refractivity contribution < 1.29 is 4.79 Å². The number of carbonyl (C=O) groups excluding carboxylic acids is 1. The van der Waals surface area contributed by atoms with Gasteiger partial charge in [0.2, 0.25) is 5.91 Å². The lowest BCUT2D eigenvalue weighted by Crippen LogP contribution is -2.17. The molecule has 0 aromatic heterocycles. The van der Waals surface area contributed by atoms with E-state index in [2.05, 4.69) is 22.5 Å². The highest BCUT2D eigenvalue weighted by Gasteiger charge is 2.19. The van der Waals surface area contributed by atoms with Crippen LogP contribution >= 0.6 is 0 Å². The van der Waals surface area contributed by atoms with Gasteiger partial charge in [-0.3, -0.25) is 4.79 Å². The largest absolute Gasteiger partial charge is 0.366 e. The molecular weight excluding hydrogens is 218 g/mol. The zero-order chi connectivity index (χ0) is 14.1. The first kappa shape index (κ1) is 17.2. The van der Waals surface area contributed by atoms with Crippen LogP contribution in [0.1, 0.15) is 27.7 Å². The molecule has 0 rings (SSSR count). The lowest BCUT2D eigenvalue weighted by molar-refractivity contribution is -0.113. The first-order valence-electron chi connectivity index (χ1n) is 4.78. The predicted octanol–water partition coefficient (Wildman–Crippen LogP) is 1.70. The second kappa shape index (κ2) is 7.13. The van der Waals surface area contributed by atoms with Crippen LogP contribution in [0.5, 0.6) is 0 Å². The van der Waals surface area contributed by atoms with Crippen LogP contribution in [0.15, 0.2) is 22.9 Å². The van der Waals surface area contributed by atoms with Crippen molar-refractivity contribution in [3.63, 3.8) is 0 Å². The molecule has 0 aliphatic heterocycles. The maximum Gasteiger partial charge on any atom is 0.240 e. The van der Waals surface area contributed by atoms with Crippen molar-refractivity contribution in [1.29, 1.82) is 10.5 Å². The van der Waals surface area contributed by atoms with Gasteiger partial charge in [0, 0.05) is 0 Å². The number of nitrogens with zero attached hydrogens (tertiary/aromatic N) is 4. The van der Waals surface area contributed by atoms with Gasteiger partial charge in [0.25, 0.3) is 0 Å². The van der Waals surface area contributed by atoms with Gasteiger partial charge in [-0.25, -0.2) is 0 Å². The number of hydrogen-bond donors (Lipinski definition) is 1. The Morgan fingerprint density at radius 1 is 1.18 bits per heavy atom. The molecule has 0 unspecified atom stereocenters. The summed E-state index contributed by atoms with van der Waals surface area (Å²) in [5, 5.41) is 24.7. The van der Waals surface area contributed by atoms with E-state index in [0.29, 0.717) is 0 Å². The summed E-state index contributed by atoms with van der Waals surface area (Å²) < 4.78 is 0. The molecule has 0 radical (unpaired) electrons. The Bertz CT molecular complexity index is 354. The van der Waals surface area contributed by atoms with Crippen LogP contribution in [0.2, 0.25) is 0 Å². The molecule has 0 heterocycles. The smallest absolute Gasteiger partial charge is 0.240 e. The quantitative estimate of drug-likeness (QED) is 0.592. The van der Waals surface area contributed by atoms with Gasteiger partial charge in [-0.1, -0.05) is 6.58 Å². The summed E-state index contributed by atoms with van der Waals surface area (Å²) in [5.41, 5.74) is 2.86. The van der Waals surface area contributed by atoms with Gasteiger partial charge in [0.05, 0.1) is 12.1 Å². The first-order valence-corrected chi connectivity index (χ1v) is 4.78. The SMILES string of the molecule is C=CC(N)=O.CC(C)(C#N)N=NC(C)(C)C#N. The van der Waals surface area contributed by atoms with Gasteiger partial charge in [-0.05, 0) is 33.8 Å². The van der Waals surface area contributed by atoms with Gasteiger partial charge in [-0.2, -0.15) is 20.8 Å². The second-order valence-electron chi connectivity index (χ2n) is 4.15. The number of rotatable bonds is 3. The van der Waals surface area contributed by atoms with E-state index in [0.717, 1.165) is 6.08 Å². The van der Waals surface area contributed by atoms with E-state index < -0.39 is 17.0 Å². The third-order valence-corrected chi connectivity index (χ3v) is 1.30. The molecular formula is C11H17N5O. The zero-order valence-electron chi connectivity index (χ0n) is 10.6. The fourth-order valence-corrected chi connectivity index (χ4v) is 0.295. The normalized spacial score (nSPS) is 10.7. The lowest BCUT2D eigenvalue weighted by Gasteiger charge is -2.11. The summed E-state index contributed by atoms with van der Waals surface area (Å²) in [7, 11) is 0. The molecule has 17 heavy (non-hydrogen) atoms. The molecule has 0 spiro atoms. The van der Waals surface area contributed by atoms with Crippen LogP contribution < -0.4 is 5.73 Å². The molecule has 0 aliphatic carbocycles. The van der Waals surface area contributed by atoms with Crippen LogP contribution in [-0.2, 0) is 4.79 Å². The highest BCUT2D eigenvalue weighted by molar-refractivity contribution is 5.84. The third-order valence-electron chi connectivity index (χ3n) is 1.30. The Kier molecular flexibility index (Phi) is 7.21. The van der Waals surface area contributed by atoms with Gasteiger partial charge < -0.3 is 5.73 Å². The molecule has 0 aromatic carbocycles. The molecule has 0 saturated carbocycles.